The topological polar surface area (TPSA) is 160 Å². The van der Waals surface area contributed by atoms with E-state index in [1.165, 1.54) is 6.92 Å². The highest BCUT2D eigenvalue weighted by Crippen LogP contribution is 2.57. The van der Waals surface area contributed by atoms with E-state index in [0.717, 1.165) is 0 Å². The minimum atomic E-state index is -2.14. The van der Waals surface area contributed by atoms with E-state index >= 15 is 0 Å². The Bertz CT molecular complexity index is 1170. The lowest BCUT2D eigenvalue weighted by atomic mass is 9.63. The monoisotopic (exact) mass is 444 g/mol. The van der Waals surface area contributed by atoms with Gasteiger partial charge in [-0.3, -0.25) is 14.4 Å². The summed E-state index contributed by atoms with van der Waals surface area (Å²) in [5.41, 5.74) is -3.41. The van der Waals surface area contributed by atoms with E-state index in [4.69, 9.17) is 14.2 Å². The second kappa shape index (κ2) is 5.96. The van der Waals surface area contributed by atoms with Crippen LogP contribution >= 0.6 is 0 Å². The molecule has 2 saturated heterocycles. The van der Waals surface area contributed by atoms with Gasteiger partial charge in [-0.05, 0) is 13.8 Å². The van der Waals surface area contributed by atoms with Crippen LogP contribution in [0.3, 0.4) is 0 Å². The van der Waals surface area contributed by atoms with Crippen molar-refractivity contribution in [1.29, 1.82) is 0 Å². The molecular formula is C22H20O10. The first-order valence-corrected chi connectivity index (χ1v) is 10.4. The van der Waals surface area contributed by atoms with E-state index in [1.807, 2.05) is 0 Å². The molecule has 4 unspecified atom stereocenters. The normalized spacial score (nSPS) is 39.4. The summed E-state index contributed by atoms with van der Waals surface area (Å²) in [4.78, 5) is 39.0. The van der Waals surface area contributed by atoms with Crippen LogP contribution in [0.5, 0.6) is 11.5 Å². The number of hydrogen-bond acceptors (Lipinski definition) is 10. The quantitative estimate of drug-likeness (QED) is 0.328. The molecule has 7 rings (SSSR count). The van der Waals surface area contributed by atoms with Gasteiger partial charge in [0.15, 0.2) is 17.7 Å². The fourth-order valence-electron chi connectivity index (χ4n) is 5.95. The Hall–Kier alpha value is -2.79. The molecule has 0 amide bonds. The van der Waals surface area contributed by atoms with Gasteiger partial charge < -0.3 is 34.6 Å². The summed E-state index contributed by atoms with van der Waals surface area (Å²) in [5.74, 6) is -3.36. The van der Waals surface area contributed by atoms with Gasteiger partial charge in [0.25, 0.3) is 0 Å². The van der Waals surface area contributed by atoms with Gasteiger partial charge in [-0.1, -0.05) is 0 Å². The van der Waals surface area contributed by atoms with Crippen LogP contribution in [0.4, 0.5) is 0 Å². The number of ketones is 2. The van der Waals surface area contributed by atoms with Gasteiger partial charge in [0.2, 0.25) is 0 Å². The van der Waals surface area contributed by atoms with Crippen molar-refractivity contribution >= 4 is 17.5 Å². The summed E-state index contributed by atoms with van der Waals surface area (Å²) in [5, 5.41) is 44.0. The third-order valence-electron chi connectivity index (χ3n) is 7.41. The second-order valence-electron chi connectivity index (χ2n) is 9.00. The highest BCUT2D eigenvalue weighted by atomic mass is 16.6. The number of fused-ring (bicyclic) bond motifs is 6. The SMILES string of the molecule is CC1OC2CC(O)C1(O)C1=C2C(=O)c2c(O)c3c(c(O)c2C1=O)[C@H](C)O[C@H]1CC(=O)O[C@@H]31. The summed E-state index contributed by atoms with van der Waals surface area (Å²) in [6, 6.07) is 0. The zero-order chi connectivity index (χ0) is 22.9. The van der Waals surface area contributed by atoms with Crippen molar-refractivity contribution < 1.29 is 49.0 Å². The minimum absolute atomic E-state index is 0.0371. The van der Waals surface area contributed by atoms with Crippen molar-refractivity contribution in [1.82, 2.24) is 0 Å². The number of rotatable bonds is 0. The van der Waals surface area contributed by atoms with E-state index in [0.29, 0.717) is 0 Å². The standard InChI is InChI=1S/C22H20O10/c1-5-11-15(21-8(30-5)4-10(24)32-21)19(27)13-14(17(11)25)20(28)16-12(18(13)26)7-3-9(23)22(16,29)6(2)31-7/h5-9,21,23,25,27,29H,3-4H2,1-2H3/t5-,6?,7?,8-,9?,21+,22?/m0/s1. The molecular weight excluding hydrogens is 424 g/mol. The van der Waals surface area contributed by atoms with Gasteiger partial charge in [0, 0.05) is 28.7 Å². The molecule has 1 aromatic carbocycles. The molecule has 7 atom stereocenters. The Balaban J connectivity index is 1.64. The maximum Gasteiger partial charge on any atom is 0.309 e. The Morgan fingerprint density at radius 2 is 1.62 bits per heavy atom. The molecule has 10 heteroatoms. The summed E-state index contributed by atoms with van der Waals surface area (Å²) in [6.45, 7) is 3.07. The van der Waals surface area contributed by atoms with Crippen LogP contribution in [-0.2, 0) is 19.0 Å². The van der Waals surface area contributed by atoms with Crippen LogP contribution < -0.4 is 0 Å². The lowest BCUT2D eigenvalue weighted by molar-refractivity contribution is -0.207. The van der Waals surface area contributed by atoms with E-state index < -0.39 is 82.4 Å². The first-order chi connectivity index (χ1) is 15.1. The number of carbonyl (C=O) groups excluding carboxylic acids is 3. The number of aliphatic hydroxyl groups excluding tert-OH is 1. The molecule has 0 spiro atoms. The molecule has 4 heterocycles. The summed E-state index contributed by atoms with van der Waals surface area (Å²) < 4.78 is 16.7. The van der Waals surface area contributed by atoms with Crippen molar-refractivity contribution in [3.05, 3.63) is 33.4 Å². The molecule has 0 radical (unpaired) electrons. The van der Waals surface area contributed by atoms with Crippen molar-refractivity contribution in [3.8, 4) is 11.5 Å². The second-order valence-corrected chi connectivity index (χ2v) is 9.00. The molecule has 4 aliphatic heterocycles. The number of esters is 1. The zero-order valence-corrected chi connectivity index (χ0v) is 17.1. The van der Waals surface area contributed by atoms with E-state index in [9.17, 15) is 34.8 Å². The highest BCUT2D eigenvalue weighted by molar-refractivity contribution is 6.30. The third-order valence-corrected chi connectivity index (χ3v) is 7.41. The lowest BCUT2D eigenvalue weighted by Gasteiger charge is -2.52. The number of phenols is 2. The average molecular weight is 444 g/mol. The molecule has 0 aromatic heterocycles. The molecule has 32 heavy (non-hydrogen) atoms. The van der Waals surface area contributed by atoms with Crippen LogP contribution in [-0.4, -0.2) is 68.0 Å². The molecule has 2 bridgehead atoms. The maximum absolute atomic E-state index is 13.6. The zero-order valence-electron chi connectivity index (χ0n) is 17.1. The number of ether oxygens (including phenoxy) is 3. The average Bonchev–Trinajstić information content (AvgIpc) is 3.09. The van der Waals surface area contributed by atoms with Gasteiger partial charge in [0.05, 0.1) is 42.0 Å². The van der Waals surface area contributed by atoms with Crippen LogP contribution in [0.1, 0.15) is 70.7 Å². The Kier molecular flexibility index (Phi) is 3.70. The Labute approximate surface area is 181 Å². The first kappa shape index (κ1) is 19.9. The number of carbonyl (C=O) groups is 3. The third kappa shape index (κ3) is 2.06. The first-order valence-electron chi connectivity index (χ1n) is 10.4. The predicted octanol–water partition coefficient (Wildman–Crippen LogP) is 0.504. The Morgan fingerprint density at radius 3 is 2.31 bits per heavy atom. The molecule has 1 aromatic rings. The van der Waals surface area contributed by atoms with Crippen molar-refractivity contribution in [2.75, 3.05) is 0 Å². The fraction of sp³-hybridized carbons (Fsp3) is 0.500. The molecule has 0 saturated carbocycles. The molecule has 4 N–H and O–H groups in total. The minimum Gasteiger partial charge on any atom is -0.507 e. The van der Waals surface area contributed by atoms with Crippen LogP contribution in [0.15, 0.2) is 11.1 Å². The Morgan fingerprint density at radius 1 is 0.969 bits per heavy atom. The molecule has 10 nitrogen and oxygen atoms in total. The number of aromatic hydroxyl groups is 2. The van der Waals surface area contributed by atoms with Gasteiger partial charge in [-0.15, -0.1) is 0 Å². The number of Topliss-reactive ketones (excluding diaryl/α,β-unsaturated/α-hetero) is 2. The molecule has 168 valence electrons. The van der Waals surface area contributed by atoms with Crippen molar-refractivity contribution in [2.45, 2.75) is 68.9 Å². The van der Waals surface area contributed by atoms with E-state index in [-0.39, 0.29) is 35.1 Å². The van der Waals surface area contributed by atoms with Gasteiger partial charge in [0.1, 0.15) is 23.2 Å². The van der Waals surface area contributed by atoms with E-state index in [2.05, 4.69) is 0 Å². The summed E-state index contributed by atoms with van der Waals surface area (Å²) >= 11 is 0. The predicted molar refractivity (Wildman–Crippen MR) is 102 cm³/mol. The number of benzene rings is 1. The molecule has 6 aliphatic rings. The van der Waals surface area contributed by atoms with Gasteiger partial charge >= 0.3 is 5.97 Å². The van der Waals surface area contributed by atoms with Crippen LogP contribution in [0.25, 0.3) is 0 Å². The van der Waals surface area contributed by atoms with Crippen molar-refractivity contribution in [3.63, 3.8) is 0 Å². The smallest absolute Gasteiger partial charge is 0.309 e. The van der Waals surface area contributed by atoms with Gasteiger partial charge in [-0.2, -0.15) is 0 Å². The van der Waals surface area contributed by atoms with Crippen LogP contribution in [0.2, 0.25) is 0 Å². The van der Waals surface area contributed by atoms with Gasteiger partial charge in [-0.25, -0.2) is 0 Å². The summed E-state index contributed by atoms with van der Waals surface area (Å²) in [7, 11) is 0. The highest BCUT2D eigenvalue weighted by Gasteiger charge is 2.62. The van der Waals surface area contributed by atoms with E-state index in [1.54, 1.807) is 6.92 Å². The van der Waals surface area contributed by atoms with Crippen LogP contribution in [0, 0.1) is 0 Å². The summed E-state index contributed by atoms with van der Waals surface area (Å²) in [6.07, 6.45) is -5.97. The fourth-order valence-corrected chi connectivity index (χ4v) is 5.95. The number of hydrogen-bond donors (Lipinski definition) is 4. The number of aliphatic hydroxyl groups is 2. The molecule has 2 fully saturated rings. The number of phenolic OH excluding ortho intramolecular Hbond substituents is 2. The van der Waals surface area contributed by atoms with Crippen molar-refractivity contribution in [2.24, 2.45) is 0 Å². The lowest BCUT2D eigenvalue weighted by Crippen LogP contribution is -2.66. The largest absolute Gasteiger partial charge is 0.507 e. The maximum atomic E-state index is 13.6. The molecule has 2 aliphatic carbocycles.